The third-order valence-electron chi connectivity index (χ3n) is 4.85. The Labute approximate surface area is 154 Å². The lowest BCUT2D eigenvalue weighted by Crippen LogP contribution is -2.15. The van der Waals surface area contributed by atoms with E-state index >= 15 is 0 Å². The molecule has 2 rings (SSSR count). The number of hydrogen-bond donors (Lipinski definition) is 2. The van der Waals surface area contributed by atoms with Crippen LogP contribution in [0, 0.1) is 13.8 Å². The fourth-order valence-electron chi connectivity index (χ4n) is 3.34. The molecule has 0 heterocycles. The molecular formula is C23H34N2. The molecule has 0 saturated carbocycles. The lowest BCUT2D eigenvalue weighted by molar-refractivity contribution is 0.793. The van der Waals surface area contributed by atoms with Gasteiger partial charge in [-0.1, -0.05) is 63.1 Å². The normalized spacial score (nSPS) is 10.7. The summed E-state index contributed by atoms with van der Waals surface area (Å²) < 4.78 is 0. The molecule has 0 fully saturated rings. The molecule has 2 aromatic carbocycles. The van der Waals surface area contributed by atoms with Crippen molar-refractivity contribution in [3.63, 3.8) is 0 Å². The van der Waals surface area contributed by atoms with Gasteiger partial charge in [0.2, 0.25) is 0 Å². The van der Waals surface area contributed by atoms with Gasteiger partial charge in [-0.05, 0) is 61.8 Å². The topological polar surface area (TPSA) is 24.1 Å². The molecule has 2 nitrogen and oxygen atoms in total. The van der Waals surface area contributed by atoms with E-state index in [1.54, 1.807) is 0 Å². The number of aryl methyl sites for hydroxylation is 4. The molecule has 0 aliphatic rings. The summed E-state index contributed by atoms with van der Waals surface area (Å²) >= 11 is 0. The van der Waals surface area contributed by atoms with Crippen LogP contribution in [-0.2, 0) is 12.8 Å². The van der Waals surface area contributed by atoms with Crippen LogP contribution in [0.4, 0.5) is 11.4 Å². The molecule has 0 saturated heterocycles. The van der Waals surface area contributed by atoms with Crippen LogP contribution in [0.15, 0.2) is 36.4 Å². The van der Waals surface area contributed by atoms with Crippen molar-refractivity contribution in [2.75, 3.05) is 17.3 Å². The third-order valence-corrected chi connectivity index (χ3v) is 4.85. The Morgan fingerprint density at radius 1 is 0.680 bits per heavy atom. The minimum absolute atomic E-state index is 0.758. The summed E-state index contributed by atoms with van der Waals surface area (Å²) in [5.41, 5.74) is 8.11. The van der Waals surface area contributed by atoms with Crippen LogP contribution in [0.3, 0.4) is 0 Å². The zero-order chi connectivity index (χ0) is 18.1. The van der Waals surface area contributed by atoms with Crippen molar-refractivity contribution in [2.45, 2.75) is 66.2 Å². The smallest absolute Gasteiger partial charge is 0.0849 e. The Hall–Kier alpha value is -1.96. The quantitative estimate of drug-likeness (QED) is 0.485. The second kappa shape index (κ2) is 10.1. The Morgan fingerprint density at radius 3 is 1.52 bits per heavy atom. The first-order valence-electron chi connectivity index (χ1n) is 9.82. The lowest BCUT2D eigenvalue weighted by atomic mass is 10.0. The van der Waals surface area contributed by atoms with Gasteiger partial charge in [0.25, 0.3) is 0 Å². The summed E-state index contributed by atoms with van der Waals surface area (Å²) in [5.74, 6) is 0. The summed E-state index contributed by atoms with van der Waals surface area (Å²) in [6.07, 6.45) is 7.24. The molecule has 0 unspecified atom stereocenters. The van der Waals surface area contributed by atoms with Crippen molar-refractivity contribution in [3.8, 4) is 0 Å². The van der Waals surface area contributed by atoms with Crippen LogP contribution in [-0.4, -0.2) is 6.67 Å². The molecule has 0 amide bonds. The molecule has 2 N–H and O–H groups in total. The van der Waals surface area contributed by atoms with E-state index in [-0.39, 0.29) is 0 Å². The highest BCUT2D eigenvalue weighted by Crippen LogP contribution is 2.24. The molecule has 0 radical (unpaired) electrons. The van der Waals surface area contributed by atoms with Crippen LogP contribution in [0.2, 0.25) is 0 Å². The summed E-state index contributed by atoms with van der Waals surface area (Å²) in [6, 6.07) is 13.2. The molecule has 0 aliphatic carbocycles. The van der Waals surface area contributed by atoms with E-state index in [9.17, 15) is 0 Å². The van der Waals surface area contributed by atoms with Crippen LogP contribution >= 0.6 is 0 Å². The van der Waals surface area contributed by atoms with E-state index < -0.39 is 0 Å². The summed E-state index contributed by atoms with van der Waals surface area (Å²) in [5, 5.41) is 7.28. The maximum absolute atomic E-state index is 3.64. The summed E-state index contributed by atoms with van der Waals surface area (Å²) in [7, 11) is 0. The third kappa shape index (κ3) is 5.52. The van der Waals surface area contributed by atoms with Crippen LogP contribution in [0.5, 0.6) is 0 Å². The van der Waals surface area contributed by atoms with E-state index in [4.69, 9.17) is 0 Å². The highest BCUT2D eigenvalue weighted by atomic mass is 15.1. The molecule has 0 spiro atoms. The van der Waals surface area contributed by atoms with Crippen molar-refractivity contribution < 1.29 is 0 Å². The maximum Gasteiger partial charge on any atom is 0.0849 e. The fraction of sp³-hybridized carbons (Fsp3) is 0.478. The maximum atomic E-state index is 3.64. The van der Waals surface area contributed by atoms with E-state index in [2.05, 4.69) is 74.7 Å². The number of anilines is 2. The minimum Gasteiger partial charge on any atom is -0.368 e. The van der Waals surface area contributed by atoms with Gasteiger partial charge in [-0.3, -0.25) is 0 Å². The van der Waals surface area contributed by atoms with E-state index in [1.165, 1.54) is 59.3 Å². The number of hydrogen-bond acceptors (Lipinski definition) is 2. The monoisotopic (exact) mass is 338 g/mol. The first-order chi connectivity index (χ1) is 12.2. The minimum atomic E-state index is 0.758. The van der Waals surface area contributed by atoms with Crippen molar-refractivity contribution in [1.29, 1.82) is 0 Å². The van der Waals surface area contributed by atoms with Crippen LogP contribution in [0.25, 0.3) is 0 Å². The predicted octanol–water partition coefficient (Wildman–Crippen LogP) is 6.47. The number of nitrogens with one attached hydrogen (secondary N) is 2. The second-order valence-electron chi connectivity index (χ2n) is 6.96. The molecule has 2 heteroatoms. The first kappa shape index (κ1) is 19.4. The van der Waals surface area contributed by atoms with Crippen molar-refractivity contribution in [3.05, 3.63) is 58.7 Å². The Balaban J connectivity index is 2.06. The molecule has 0 aliphatic heterocycles. The summed E-state index contributed by atoms with van der Waals surface area (Å²) in [4.78, 5) is 0. The SMILES string of the molecule is CCCCc1cccc(C)c1NCNc1c(C)cccc1CCCC. The molecular weight excluding hydrogens is 304 g/mol. The van der Waals surface area contributed by atoms with Gasteiger partial charge >= 0.3 is 0 Å². The molecule has 136 valence electrons. The van der Waals surface area contributed by atoms with Crippen LogP contribution in [0.1, 0.15) is 61.8 Å². The first-order valence-corrected chi connectivity index (χ1v) is 9.82. The average Bonchev–Trinajstić information content (AvgIpc) is 2.61. The molecule has 2 aromatic rings. The lowest BCUT2D eigenvalue weighted by Gasteiger charge is -2.19. The number of benzene rings is 2. The highest BCUT2D eigenvalue weighted by Gasteiger charge is 2.07. The Bertz CT molecular complexity index is 604. The van der Waals surface area contributed by atoms with Gasteiger partial charge < -0.3 is 10.6 Å². The zero-order valence-electron chi connectivity index (χ0n) is 16.4. The largest absolute Gasteiger partial charge is 0.368 e. The zero-order valence-corrected chi connectivity index (χ0v) is 16.4. The highest BCUT2D eigenvalue weighted by molar-refractivity contribution is 5.61. The van der Waals surface area contributed by atoms with Gasteiger partial charge in [-0.2, -0.15) is 0 Å². The Morgan fingerprint density at radius 2 is 1.12 bits per heavy atom. The molecule has 0 aromatic heterocycles. The Kier molecular flexibility index (Phi) is 7.84. The second-order valence-corrected chi connectivity index (χ2v) is 6.96. The van der Waals surface area contributed by atoms with Gasteiger partial charge in [0.1, 0.15) is 0 Å². The fourth-order valence-corrected chi connectivity index (χ4v) is 3.34. The average molecular weight is 339 g/mol. The molecule has 0 bridgehead atoms. The van der Waals surface area contributed by atoms with Gasteiger partial charge in [0.15, 0.2) is 0 Å². The molecule has 25 heavy (non-hydrogen) atoms. The van der Waals surface area contributed by atoms with Crippen LogP contribution < -0.4 is 10.6 Å². The van der Waals surface area contributed by atoms with Crippen molar-refractivity contribution in [2.24, 2.45) is 0 Å². The van der Waals surface area contributed by atoms with Crippen molar-refractivity contribution >= 4 is 11.4 Å². The number of unbranched alkanes of at least 4 members (excludes halogenated alkanes) is 2. The molecule has 0 atom stereocenters. The number of rotatable bonds is 10. The van der Waals surface area contributed by atoms with Gasteiger partial charge in [0, 0.05) is 11.4 Å². The number of para-hydroxylation sites is 2. The van der Waals surface area contributed by atoms with Gasteiger partial charge in [-0.25, -0.2) is 0 Å². The van der Waals surface area contributed by atoms with Crippen molar-refractivity contribution in [1.82, 2.24) is 0 Å². The van der Waals surface area contributed by atoms with E-state index in [1.807, 2.05) is 0 Å². The summed E-state index contributed by atoms with van der Waals surface area (Å²) in [6.45, 7) is 9.64. The van der Waals surface area contributed by atoms with Gasteiger partial charge in [0.05, 0.1) is 6.67 Å². The van der Waals surface area contributed by atoms with E-state index in [0.29, 0.717) is 0 Å². The predicted molar refractivity (Wildman–Crippen MR) is 112 cm³/mol. The van der Waals surface area contributed by atoms with Gasteiger partial charge in [-0.15, -0.1) is 0 Å². The standard InChI is InChI=1S/C23H34N2/c1-5-7-13-20-15-9-11-18(3)22(20)24-17-25-23-19(4)12-10-16-21(23)14-8-6-2/h9-12,15-16,24-25H,5-8,13-14,17H2,1-4H3. The van der Waals surface area contributed by atoms with E-state index in [0.717, 1.165) is 19.5 Å².